The van der Waals surface area contributed by atoms with Crippen LogP contribution in [0.15, 0.2) is 12.1 Å². The zero-order chi connectivity index (χ0) is 18.9. The van der Waals surface area contributed by atoms with Gasteiger partial charge in [0.1, 0.15) is 0 Å². The average Bonchev–Trinajstić information content (AvgIpc) is 2.40. The Kier molecular flexibility index (Phi) is 6.18. The molecular weight excluding hydrogens is 455 g/mol. The summed E-state index contributed by atoms with van der Waals surface area (Å²) in [7, 11) is 0.359. The highest BCUT2D eigenvalue weighted by Crippen LogP contribution is 2.53. The number of rotatable bonds is 4. The molecule has 10 heteroatoms. The molecule has 0 radical (unpaired) electrons. The number of methoxy groups -OCH3 is 1. The van der Waals surface area contributed by atoms with Crippen LogP contribution in [0.2, 0.25) is 0 Å². The Hall–Kier alpha value is -1.04. The minimum absolute atomic E-state index is 0.0677. The highest BCUT2D eigenvalue weighted by molar-refractivity contribution is 14.1. The molecule has 0 saturated heterocycles. The monoisotopic (exact) mass is 469 g/mol. The first-order chi connectivity index (χ1) is 10.8. The van der Waals surface area contributed by atoms with Crippen LogP contribution in [0.1, 0.15) is 16.7 Å². The van der Waals surface area contributed by atoms with Gasteiger partial charge >= 0.3 is 12.4 Å². The molecule has 1 rings (SSSR count). The lowest BCUT2D eigenvalue weighted by Gasteiger charge is -2.36. The van der Waals surface area contributed by atoms with Crippen molar-refractivity contribution in [1.82, 2.24) is 0 Å². The van der Waals surface area contributed by atoms with Gasteiger partial charge < -0.3 is 10.1 Å². The largest absolute Gasteiger partial charge is 0.430 e. The Bertz CT molecular complexity index is 590. The number of halogens is 7. The third-order valence-corrected chi connectivity index (χ3v) is 4.12. The van der Waals surface area contributed by atoms with Gasteiger partial charge in [-0.3, -0.25) is 4.79 Å². The van der Waals surface area contributed by atoms with Gasteiger partial charge in [0.15, 0.2) is 0 Å². The highest BCUT2D eigenvalue weighted by atomic mass is 127. The molecule has 0 aromatic heterocycles. The average molecular weight is 469 g/mol. The van der Waals surface area contributed by atoms with E-state index in [4.69, 9.17) is 0 Å². The fourth-order valence-electron chi connectivity index (χ4n) is 2.37. The summed E-state index contributed by atoms with van der Waals surface area (Å²) in [6.07, 6.45) is -11.4. The number of aryl methyl sites for hydroxylation is 2. The van der Waals surface area contributed by atoms with Crippen molar-refractivity contribution in [2.75, 3.05) is 16.9 Å². The molecule has 1 aromatic rings. The van der Waals surface area contributed by atoms with Crippen molar-refractivity contribution in [3.63, 3.8) is 0 Å². The Morgan fingerprint density at radius 2 is 1.50 bits per heavy atom. The Balaban J connectivity index is 3.61. The van der Waals surface area contributed by atoms with Crippen molar-refractivity contribution in [2.24, 2.45) is 0 Å². The molecule has 0 aliphatic rings. The van der Waals surface area contributed by atoms with Crippen LogP contribution in [0.5, 0.6) is 0 Å². The van der Waals surface area contributed by atoms with Gasteiger partial charge in [-0.1, -0.05) is 34.7 Å². The molecule has 3 nitrogen and oxygen atoms in total. The van der Waals surface area contributed by atoms with Gasteiger partial charge in [-0.25, -0.2) is 0 Å². The zero-order valence-electron chi connectivity index (χ0n) is 12.8. The predicted octanol–water partition coefficient (Wildman–Crippen LogP) is 4.64. The van der Waals surface area contributed by atoms with Gasteiger partial charge in [-0.2, -0.15) is 26.3 Å². The second-order valence-electron chi connectivity index (χ2n) is 5.05. The van der Waals surface area contributed by atoms with Crippen molar-refractivity contribution in [3.8, 4) is 0 Å². The van der Waals surface area contributed by atoms with Gasteiger partial charge in [0, 0.05) is 18.4 Å². The lowest BCUT2D eigenvalue weighted by atomic mass is 9.88. The number of anilines is 1. The number of hydrogen-bond acceptors (Lipinski definition) is 2. The van der Waals surface area contributed by atoms with Crippen LogP contribution in [0.25, 0.3) is 0 Å². The number of alkyl halides is 7. The maximum Gasteiger partial charge on any atom is 0.430 e. The summed E-state index contributed by atoms with van der Waals surface area (Å²) in [6, 6.07) is 1.45. The Morgan fingerprint density at radius 3 is 1.79 bits per heavy atom. The first-order valence-electron chi connectivity index (χ1n) is 6.48. The zero-order valence-corrected chi connectivity index (χ0v) is 15.0. The maximum absolute atomic E-state index is 13.3. The molecule has 0 saturated carbocycles. The molecule has 1 aromatic carbocycles. The van der Waals surface area contributed by atoms with Crippen LogP contribution in [0, 0.1) is 13.8 Å². The third-order valence-electron chi connectivity index (χ3n) is 3.43. The quantitative estimate of drug-likeness (QED) is 0.397. The summed E-state index contributed by atoms with van der Waals surface area (Å²) in [6.45, 7) is 2.62. The van der Waals surface area contributed by atoms with Crippen LogP contribution in [-0.2, 0) is 15.1 Å². The van der Waals surface area contributed by atoms with E-state index in [1.165, 1.54) is 13.8 Å². The molecule has 24 heavy (non-hydrogen) atoms. The molecule has 0 spiro atoms. The van der Waals surface area contributed by atoms with Crippen molar-refractivity contribution in [2.45, 2.75) is 31.8 Å². The Morgan fingerprint density at radius 1 is 1.08 bits per heavy atom. The van der Waals surface area contributed by atoms with Crippen LogP contribution >= 0.6 is 22.6 Å². The molecule has 0 aliphatic heterocycles. The van der Waals surface area contributed by atoms with Gasteiger partial charge in [0.25, 0.3) is 5.60 Å². The molecule has 0 fully saturated rings. The van der Waals surface area contributed by atoms with Gasteiger partial charge in [-0.15, -0.1) is 0 Å². The standard InChI is InChI=1S/C14H14F6INO2/c1-7-4-9(5-8(2)11(7)22-10(23)6-21)12(24-3,13(15,16)17)14(18,19)20/h4-5H,6H2,1-3H3,(H,22,23). The normalized spacial score (nSPS) is 13.1. The summed E-state index contributed by atoms with van der Waals surface area (Å²) in [4.78, 5) is 11.4. The summed E-state index contributed by atoms with van der Waals surface area (Å²) in [5.41, 5.74) is -5.22. The number of hydrogen-bond donors (Lipinski definition) is 1. The number of carbonyl (C=O) groups is 1. The first kappa shape index (κ1) is 21.0. The molecule has 0 atom stereocenters. The van der Waals surface area contributed by atoms with E-state index < -0.39 is 29.4 Å². The number of carbonyl (C=O) groups excluding carboxylic acids is 1. The predicted molar refractivity (Wildman–Crippen MR) is 84.2 cm³/mol. The van der Waals surface area contributed by atoms with Crippen LogP contribution in [0.4, 0.5) is 32.0 Å². The van der Waals surface area contributed by atoms with Crippen molar-refractivity contribution >= 4 is 34.2 Å². The van der Waals surface area contributed by atoms with Crippen LogP contribution in [-0.4, -0.2) is 29.8 Å². The van der Waals surface area contributed by atoms with Gasteiger partial charge in [0.2, 0.25) is 5.91 Å². The van der Waals surface area contributed by atoms with E-state index in [9.17, 15) is 31.1 Å². The highest BCUT2D eigenvalue weighted by Gasteiger charge is 2.73. The summed E-state index contributed by atoms with van der Waals surface area (Å²) in [5, 5.41) is 2.45. The second-order valence-corrected chi connectivity index (χ2v) is 5.81. The second kappa shape index (κ2) is 7.06. The van der Waals surface area contributed by atoms with Crippen molar-refractivity contribution < 1.29 is 35.9 Å². The van der Waals surface area contributed by atoms with E-state index in [1.54, 1.807) is 22.6 Å². The summed E-state index contributed by atoms with van der Waals surface area (Å²) >= 11 is 1.78. The molecule has 1 amide bonds. The van der Waals surface area contributed by atoms with E-state index in [0.29, 0.717) is 7.11 Å². The number of nitrogens with one attached hydrogen (secondary N) is 1. The number of benzene rings is 1. The lowest BCUT2D eigenvalue weighted by molar-refractivity contribution is -0.383. The lowest BCUT2D eigenvalue weighted by Crippen LogP contribution is -2.55. The SMILES string of the molecule is COC(c1cc(C)c(NC(=O)CI)c(C)c1)(C(F)(F)F)C(F)(F)F. The van der Waals surface area contributed by atoms with Crippen LogP contribution in [0.3, 0.4) is 0 Å². The van der Waals surface area contributed by atoms with E-state index in [-0.39, 0.29) is 21.2 Å². The molecule has 0 heterocycles. The smallest absolute Gasteiger partial charge is 0.357 e. The maximum atomic E-state index is 13.3. The van der Waals surface area contributed by atoms with E-state index in [0.717, 1.165) is 12.1 Å². The number of amides is 1. The van der Waals surface area contributed by atoms with Gasteiger partial charge in [0.05, 0.1) is 4.43 Å². The molecule has 0 bridgehead atoms. The first-order valence-corrected chi connectivity index (χ1v) is 8.00. The summed E-state index contributed by atoms with van der Waals surface area (Å²) in [5.74, 6) is -0.417. The Labute approximate surface area is 147 Å². The topological polar surface area (TPSA) is 38.3 Å². The number of ether oxygens (including phenoxy) is 1. The molecule has 0 unspecified atom stereocenters. The van der Waals surface area contributed by atoms with E-state index in [2.05, 4.69) is 10.1 Å². The van der Waals surface area contributed by atoms with Crippen LogP contribution < -0.4 is 5.32 Å². The fourth-order valence-corrected chi connectivity index (χ4v) is 2.56. The molecule has 136 valence electrons. The van der Waals surface area contributed by atoms with E-state index >= 15 is 0 Å². The minimum Gasteiger partial charge on any atom is -0.357 e. The molecular formula is C14H14F6INO2. The third kappa shape index (κ3) is 3.63. The molecule has 0 aliphatic carbocycles. The van der Waals surface area contributed by atoms with E-state index in [1.807, 2.05) is 0 Å². The fraction of sp³-hybridized carbons (Fsp3) is 0.500. The molecule has 1 N–H and O–H groups in total. The van der Waals surface area contributed by atoms with Crippen molar-refractivity contribution in [1.29, 1.82) is 0 Å². The summed E-state index contributed by atoms with van der Waals surface area (Å²) < 4.78 is 83.7. The minimum atomic E-state index is -5.72. The van der Waals surface area contributed by atoms with Crippen molar-refractivity contribution in [3.05, 3.63) is 28.8 Å². The van der Waals surface area contributed by atoms with Gasteiger partial charge in [-0.05, 0) is 25.0 Å².